The molecule has 1 atom stereocenters. The second-order valence-corrected chi connectivity index (χ2v) is 5.01. The number of carbonyl (C=O) groups is 1. The third-order valence-corrected chi connectivity index (χ3v) is 4.01. The fourth-order valence-corrected chi connectivity index (χ4v) is 2.93. The Morgan fingerprint density at radius 1 is 1.71 bits per heavy atom. The highest BCUT2D eigenvalue weighted by Gasteiger charge is 2.33. The minimum absolute atomic E-state index is 0.0180. The summed E-state index contributed by atoms with van der Waals surface area (Å²) in [5.41, 5.74) is 0.0180. The number of hydrogen-bond acceptors (Lipinski definition) is 4. The summed E-state index contributed by atoms with van der Waals surface area (Å²) < 4.78 is 5.38. The Bertz CT molecular complexity index is 329. The number of thioether (sulfide) groups is 1. The molecule has 0 bridgehead atoms. The molecular formula is C10H13NO2S. The van der Waals surface area contributed by atoms with Gasteiger partial charge in [-0.1, -0.05) is 6.92 Å². The van der Waals surface area contributed by atoms with Gasteiger partial charge < -0.3 is 4.42 Å². The van der Waals surface area contributed by atoms with Crippen LogP contribution in [0.4, 0.5) is 0 Å². The summed E-state index contributed by atoms with van der Waals surface area (Å²) in [6.07, 6.45) is 4.50. The first-order valence-corrected chi connectivity index (χ1v) is 5.89. The molecule has 2 heterocycles. The van der Waals surface area contributed by atoms with E-state index < -0.39 is 0 Å². The first kappa shape index (κ1) is 9.77. The molecule has 0 spiro atoms. The van der Waals surface area contributed by atoms with Gasteiger partial charge in [-0.25, -0.2) is 4.98 Å². The maximum atomic E-state index is 10.5. The van der Waals surface area contributed by atoms with E-state index in [1.807, 2.05) is 11.8 Å². The molecule has 1 aromatic heterocycles. The Morgan fingerprint density at radius 3 is 3.14 bits per heavy atom. The second-order valence-electron chi connectivity index (χ2n) is 3.90. The molecular weight excluding hydrogens is 198 g/mol. The van der Waals surface area contributed by atoms with Crippen molar-refractivity contribution < 1.29 is 9.21 Å². The maximum absolute atomic E-state index is 10.5. The smallest absolute Gasteiger partial charge is 0.201 e. The Hall–Kier alpha value is -0.770. The molecule has 1 fully saturated rings. The lowest BCUT2D eigenvalue weighted by Gasteiger charge is -2.29. The molecule has 0 aliphatic carbocycles. The molecule has 0 saturated carbocycles. The number of rotatable bonds is 2. The van der Waals surface area contributed by atoms with Gasteiger partial charge in [0.05, 0.1) is 11.6 Å². The molecule has 2 rings (SSSR count). The summed E-state index contributed by atoms with van der Waals surface area (Å²) in [6, 6.07) is 0. The molecule has 14 heavy (non-hydrogen) atoms. The van der Waals surface area contributed by atoms with Crippen molar-refractivity contribution in [1.29, 1.82) is 0 Å². The standard InChI is InChI=1S/C10H13NO2S/c1-10(3-2-4-14-7-10)9-11-5-8(6-12)13-9/h5-6H,2-4,7H2,1H3. The summed E-state index contributed by atoms with van der Waals surface area (Å²) in [7, 11) is 0. The van der Waals surface area contributed by atoms with Gasteiger partial charge in [-0.05, 0) is 18.6 Å². The quantitative estimate of drug-likeness (QED) is 0.704. The zero-order valence-corrected chi connectivity index (χ0v) is 8.97. The number of aldehydes is 1. The summed E-state index contributed by atoms with van der Waals surface area (Å²) in [5.74, 6) is 3.30. The van der Waals surface area contributed by atoms with E-state index in [1.165, 1.54) is 18.4 Å². The van der Waals surface area contributed by atoms with E-state index in [2.05, 4.69) is 11.9 Å². The van der Waals surface area contributed by atoms with Crippen LogP contribution in [0.5, 0.6) is 0 Å². The van der Waals surface area contributed by atoms with Gasteiger partial charge in [0.25, 0.3) is 0 Å². The predicted octanol–water partition coefficient (Wildman–Crippen LogP) is 2.27. The van der Waals surface area contributed by atoms with Crippen LogP contribution in [0.25, 0.3) is 0 Å². The lowest BCUT2D eigenvalue weighted by molar-refractivity contribution is 0.109. The average molecular weight is 211 g/mol. The zero-order valence-electron chi connectivity index (χ0n) is 8.16. The third-order valence-electron chi connectivity index (χ3n) is 2.59. The topological polar surface area (TPSA) is 43.1 Å². The first-order valence-electron chi connectivity index (χ1n) is 4.74. The van der Waals surface area contributed by atoms with E-state index in [-0.39, 0.29) is 5.41 Å². The molecule has 0 aromatic carbocycles. The Labute approximate surface area is 87.3 Å². The zero-order chi connectivity index (χ0) is 10.0. The summed E-state index contributed by atoms with van der Waals surface area (Å²) >= 11 is 1.93. The van der Waals surface area contributed by atoms with E-state index in [1.54, 1.807) is 0 Å². The summed E-state index contributed by atoms with van der Waals surface area (Å²) in [5, 5.41) is 0. The maximum Gasteiger partial charge on any atom is 0.201 e. The molecule has 1 unspecified atom stereocenters. The minimum atomic E-state index is 0.0180. The molecule has 4 heteroatoms. The highest BCUT2D eigenvalue weighted by Crippen LogP contribution is 2.36. The van der Waals surface area contributed by atoms with E-state index in [9.17, 15) is 4.79 Å². The Morgan fingerprint density at radius 2 is 2.57 bits per heavy atom. The molecule has 0 N–H and O–H groups in total. The number of hydrogen-bond donors (Lipinski definition) is 0. The number of aromatic nitrogens is 1. The minimum Gasteiger partial charge on any atom is -0.437 e. The van der Waals surface area contributed by atoms with Crippen molar-refractivity contribution in [1.82, 2.24) is 4.98 Å². The highest BCUT2D eigenvalue weighted by molar-refractivity contribution is 7.99. The van der Waals surface area contributed by atoms with Crippen LogP contribution in [0.15, 0.2) is 10.6 Å². The van der Waals surface area contributed by atoms with Gasteiger partial charge in [0, 0.05) is 5.75 Å². The molecule has 1 aromatic rings. The predicted molar refractivity (Wildman–Crippen MR) is 55.8 cm³/mol. The van der Waals surface area contributed by atoms with Crippen molar-refractivity contribution in [3.05, 3.63) is 17.8 Å². The van der Waals surface area contributed by atoms with Crippen molar-refractivity contribution in [2.75, 3.05) is 11.5 Å². The fourth-order valence-electron chi connectivity index (χ4n) is 1.72. The molecule has 1 aliphatic rings. The fraction of sp³-hybridized carbons (Fsp3) is 0.600. The SMILES string of the molecule is CC1(c2ncc(C=O)o2)CCCSC1. The summed E-state index contributed by atoms with van der Waals surface area (Å²) in [4.78, 5) is 14.6. The number of carbonyl (C=O) groups excluding carboxylic acids is 1. The van der Waals surface area contributed by atoms with Crippen molar-refractivity contribution in [2.24, 2.45) is 0 Å². The van der Waals surface area contributed by atoms with Gasteiger partial charge >= 0.3 is 0 Å². The Balaban J connectivity index is 2.23. The van der Waals surface area contributed by atoms with Crippen LogP contribution in [-0.4, -0.2) is 22.8 Å². The highest BCUT2D eigenvalue weighted by atomic mass is 32.2. The van der Waals surface area contributed by atoms with Gasteiger partial charge in [0.1, 0.15) is 0 Å². The van der Waals surface area contributed by atoms with Crippen molar-refractivity contribution in [2.45, 2.75) is 25.2 Å². The largest absolute Gasteiger partial charge is 0.437 e. The number of nitrogens with zero attached hydrogens (tertiary/aromatic N) is 1. The van der Waals surface area contributed by atoms with Crippen LogP contribution >= 0.6 is 11.8 Å². The monoisotopic (exact) mass is 211 g/mol. The molecule has 1 aliphatic heterocycles. The van der Waals surface area contributed by atoms with E-state index >= 15 is 0 Å². The van der Waals surface area contributed by atoms with Crippen LogP contribution in [0.2, 0.25) is 0 Å². The van der Waals surface area contributed by atoms with Crippen LogP contribution < -0.4 is 0 Å². The lowest BCUT2D eigenvalue weighted by Crippen LogP contribution is -2.29. The first-order chi connectivity index (χ1) is 6.74. The van der Waals surface area contributed by atoms with Crippen LogP contribution in [-0.2, 0) is 5.41 Å². The molecule has 3 nitrogen and oxygen atoms in total. The molecule has 0 radical (unpaired) electrons. The molecule has 0 amide bonds. The van der Waals surface area contributed by atoms with Crippen LogP contribution in [0, 0.1) is 0 Å². The van der Waals surface area contributed by atoms with Gasteiger partial charge in [-0.3, -0.25) is 4.79 Å². The lowest BCUT2D eigenvalue weighted by atomic mass is 9.87. The van der Waals surface area contributed by atoms with E-state index in [4.69, 9.17) is 4.42 Å². The van der Waals surface area contributed by atoms with Gasteiger partial charge in [0.2, 0.25) is 5.89 Å². The normalized spacial score (nSPS) is 27.5. The van der Waals surface area contributed by atoms with Gasteiger partial charge in [-0.15, -0.1) is 0 Å². The molecule has 76 valence electrons. The Kier molecular flexibility index (Phi) is 2.63. The van der Waals surface area contributed by atoms with Crippen molar-refractivity contribution in [3.63, 3.8) is 0 Å². The third kappa shape index (κ3) is 1.71. The van der Waals surface area contributed by atoms with Crippen molar-refractivity contribution >= 4 is 18.0 Å². The summed E-state index contributed by atoms with van der Waals surface area (Å²) in [6.45, 7) is 2.15. The number of oxazole rings is 1. The van der Waals surface area contributed by atoms with Gasteiger partial charge in [0.15, 0.2) is 12.0 Å². The van der Waals surface area contributed by atoms with Crippen LogP contribution in [0.3, 0.4) is 0 Å². The van der Waals surface area contributed by atoms with E-state index in [0.717, 1.165) is 12.2 Å². The molecule has 1 saturated heterocycles. The second kappa shape index (κ2) is 3.77. The van der Waals surface area contributed by atoms with Crippen molar-refractivity contribution in [3.8, 4) is 0 Å². The van der Waals surface area contributed by atoms with E-state index in [0.29, 0.717) is 17.9 Å². The average Bonchev–Trinajstić information content (AvgIpc) is 2.67. The van der Waals surface area contributed by atoms with Crippen LogP contribution in [0.1, 0.15) is 36.2 Å². The van der Waals surface area contributed by atoms with Gasteiger partial charge in [-0.2, -0.15) is 11.8 Å².